The maximum absolute atomic E-state index is 6.08. The largest absolute Gasteiger partial charge is 0.314 e. The molecule has 21 heavy (non-hydrogen) atoms. The van der Waals surface area contributed by atoms with Crippen molar-refractivity contribution in [2.75, 3.05) is 6.54 Å². The first-order valence-electron chi connectivity index (χ1n) is 6.86. The van der Waals surface area contributed by atoms with Crippen molar-refractivity contribution < 1.29 is 0 Å². The molecule has 0 spiro atoms. The molecule has 1 N–H and O–H groups in total. The van der Waals surface area contributed by atoms with Gasteiger partial charge >= 0.3 is 0 Å². The molecule has 5 heteroatoms. The molecule has 0 amide bonds. The predicted molar refractivity (Wildman–Crippen MR) is 93.3 cm³/mol. The number of pyridine rings is 1. The Morgan fingerprint density at radius 2 is 1.95 bits per heavy atom. The van der Waals surface area contributed by atoms with Crippen LogP contribution in [0, 0.1) is 0 Å². The van der Waals surface area contributed by atoms with Gasteiger partial charge in [-0.15, -0.1) is 0 Å². The van der Waals surface area contributed by atoms with Crippen LogP contribution in [0.4, 0.5) is 0 Å². The van der Waals surface area contributed by atoms with Gasteiger partial charge in [0.25, 0.3) is 0 Å². The molecule has 0 radical (unpaired) electrons. The van der Waals surface area contributed by atoms with Gasteiger partial charge < -0.3 is 5.32 Å². The Hall–Kier alpha value is -0.610. The van der Waals surface area contributed by atoms with E-state index in [1.54, 1.807) is 0 Å². The van der Waals surface area contributed by atoms with Crippen molar-refractivity contribution in [2.45, 2.75) is 25.8 Å². The molecule has 1 atom stereocenters. The van der Waals surface area contributed by atoms with Gasteiger partial charge in [-0.1, -0.05) is 36.2 Å². The van der Waals surface area contributed by atoms with E-state index in [0.29, 0.717) is 16.1 Å². The van der Waals surface area contributed by atoms with Crippen molar-refractivity contribution in [3.63, 3.8) is 0 Å². The average molecular weight is 388 g/mol. The lowest BCUT2D eigenvalue weighted by atomic mass is 10.0. The summed E-state index contributed by atoms with van der Waals surface area (Å²) in [6.45, 7) is 3.03. The van der Waals surface area contributed by atoms with E-state index in [0.717, 1.165) is 29.6 Å². The fourth-order valence-corrected chi connectivity index (χ4v) is 2.79. The van der Waals surface area contributed by atoms with Crippen LogP contribution >= 0.6 is 39.1 Å². The summed E-state index contributed by atoms with van der Waals surface area (Å²) >= 11 is 15.4. The fraction of sp³-hybridized carbons (Fsp3) is 0.312. The minimum atomic E-state index is 0.320. The van der Waals surface area contributed by atoms with E-state index in [9.17, 15) is 0 Å². The van der Waals surface area contributed by atoms with Crippen molar-refractivity contribution in [3.8, 4) is 0 Å². The van der Waals surface area contributed by atoms with E-state index < -0.39 is 0 Å². The molecule has 2 nitrogen and oxygen atoms in total. The molecule has 1 unspecified atom stereocenters. The molecule has 0 aliphatic heterocycles. The summed E-state index contributed by atoms with van der Waals surface area (Å²) in [6, 6.07) is 10.2. The maximum atomic E-state index is 6.08. The monoisotopic (exact) mass is 386 g/mol. The number of aromatic nitrogens is 1. The molecule has 0 fully saturated rings. The van der Waals surface area contributed by atoms with Gasteiger partial charge in [0.15, 0.2) is 0 Å². The quantitative estimate of drug-likeness (QED) is 0.761. The molecule has 2 aromatic rings. The Morgan fingerprint density at radius 1 is 1.14 bits per heavy atom. The van der Waals surface area contributed by atoms with Crippen molar-refractivity contribution in [3.05, 3.63) is 62.3 Å². The van der Waals surface area contributed by atoms with Crippen molar-refractivity contribution in [1.82, 2.24) is 10.3 Å². The van der Waals surface area contributed by atoms with Gasteiger partial charge in [-0.05, 0) is 58.7 Å². The molecule has 1 aromatic heterocycles. The predicted octanol–water partition coefficient (Wildman–Crippen LogP) is 4.91. The number of likely N-dealkylation sites (N-methyl/N-ethyl adjacent to an activating group) is 1. The summed E-state index contributed by atoms with van der Waals surface area (Å²) in [6.07, 6.45) is 3.60. The number of benzene rings is 1. The average Bonchev–Trinajstić information content (AvgIpc) is 2.46. The molecule has 0 aliphatic carbocycles. The van der Waals surface area contributed by atoms with Crippen LogP contribution < -0.4 is 5.32 Å². The highest BCUT2D eigenvalue weighted by Crippen LogP contribution is 2.23. The molecule has 2 rings (SSSR count). The number of nitrogens with one attached hydrogen (secondary N) is 1. The topological polar surface area (TPSA) is 24.9 Å². The van der Waals surface area contributed by atoms with Gasteiger partial charge in [-0.25, -0.2) is 0 Å². The third kappa shape index (κ3) is 5.26. The zero-order chi connectivity index (χ0) is 15.2. The number of hydrogen-bond donors (Lipinski definition) is 1. The Balaban J connectivity index is 2.07. The van der Waals surface area contributed by atoms with E-state index in [2.05, 4.69) is 33.2 Å². The zero-order valence-electron chi connectivity index (χ0n) is 11.7. The molecule has 0 saturated carbocycles. The second kappa shape index (κ2) is 8.14. The summed E-state index contributed by atoms with van der Waals surface area (Å²) in [7, 11) is 0. The van der Waals surface area contributed by atoms with E-state index in [-0.39, 0.29) is 0 Å². The summed E-state index contributed by atoms with van der Waals surface area (Å²) in [5.41, 5.74) is 2.25. The van der Waals surface area contributed by atoms with Crippen molar-refractivity contribution >= 4 is 39.1 Å². The number of hydrogen-bond acceptors (Lipinski definition) is 2. The van der Waals surface area contributed by atoms with Gasteiger partial charge in [0.2, 0.25) is 0 Å². The lowest BCUT2D eigenvalue weighted by Crippen LogP contribution is -2.33. The maximum Gasteiger partial charge on any atom is 0.0595 e. The molecular formula is C16H17BrCl2N2. The van der Waals surface area contributed by atoms with E-state index in [1.165, 1.54) is 5.56 Å². The minimum Gasteiger partial charge on any atom is -0.314 e. The third-order valence-corrected chi connectivity index (χ3v) is 4.41. The molecule has 112 valence electrons. The highest BCUT2D eigenvalue weighted by molar-refractivity contribution is 9.10. The van der Waals surface area contributed by atoms with Gasteiger partial charge in [0, 0.05) is 28.8 Å². The summed E-state index contributed by atoms with van der Waals surface area (Å²) in [5, 5.41) is 4.70. The molecule has 1 heterocycles. The van der Waals surface area contributed by atoms with Gasteiger partial charge in [-0.2, -0.15) is 0 Å². The Morgan fingerprint density at radius 3 is 2.57 bits per heavy atom. The van der Waals surface area contributed by atoms with Crippen LogP contribution in [0.2, 0.25) is 10.0 Å². The first-order valence-corrected chi connectivity index (χ1v) is 8.41. The molecule has 1 aromatic carbocycles. The summed E-state index contributed by atoms with van der Waals surface area (Å²) < 4.78 is 0.996. The first kappa shape index (κ1) is 16.8. The smallest absolute Gasteiger partial charge is 0.0595 e. The zero-order valence-corrected chi connectivity index (χ0v) is 14.8. The Bertz CT molecular complexity index is 587. The van der Waals surface area contributed by atoms with Crippen molar-refractivity contribution in [2.24, 2.45) is 0 Å². The SMILES string of the molecule is CCNC(Cc1ccc(Cl)c(Cl)c1)Cc1ccc(Br)cn1. The van der Waals surface area contributed by atoms with Crippen LogP contribution in [-0.2, 0) is 12.8 Å². The number of halogens is 3. The second-order valence-corrected chi connectivity index (χ2v) is 6.61. The van der Waals surface area contributed by atoms with Crippen LogP contribution in [-0.4, -0.2) is 17.6 Å². The lowest BCUT2D eigenvalue weighted by molar-refractivity contribution is 0.516. The van der Waals surface area contributed by atoms with Crippen LogP contribution in [0.15, 0.2) is 41.0 Å². The summed E-state index contributed by atoms with van der Waals surface area (Å²) in [5.74, 6) is 0. The molecular weight excluding hydrogens is 371 g/mol. The Labute approximate surface area is 144 Å². The van der Waals surface area contributed by atoms with Crippen LogP contribution in [0.5, 0.6) is 0 Å². The van der Waals surface area contributed by atoms with E-state index in [1.807, 2.05) is 36.5 Å². The molecule has 0 aliphatic rings. The fourth-order valence-electron chi connectivity index (χ4n) is 2.24. The van der Waals surface area contributed by atoms with Gasteiger partial charge in [0.1, 0.15) is 0 Å². The third-order valence-electron chi connectivity index (χ3n) is 3.20. The van der Waals surface area contributed by atoms with Gasteiger partial charge in [0.05, 0.1) is 10.0 Å². The minimum absolute atomic E-state index is 0.320. The van der Waals surface area contributed by atoms with Crippen molar-refractivity contribution in [1.29, 1.82) is 0 Å². The van der Waals surface area contributed by atoms with E-state index >= 15 is 0 Å². The van der Waals surface area contributed by atoms with Crippen LogP contribution in [0.25, 0.3) is 0 Å². The van der Waals surface area contributed by atoms with Gasteiger partial charge in [-0.3, -0.25) is 4.98 Å². The standard InChI is InChI=1S/C16H17BrCl2N2/c1-2-20-14(9-13-5-4-12(17)10-21-13)7-11-3-6-15(18)16(19)8-11/h3-6,8,10,14,20H,2,7,9H2,1H3. The molecule has 0 bridgehead atoms. The normalized spacial score (nSPS) is 12.4. The number of nitrogens with zero attached hydrogens (tertiary/aromatic N) is 1. The highest BCUT2D eigenvalue weighted by Gasteiger charge is 2.11. The first-order chi connectivity index (χ1) is 10.1. The van der Waals surface area contributed by atoms with Crippen LogP contribution in [0.1, 0.15) is 18.2 Å². The highest BCUT2D eigenvalue weighted by atomic mass is 79.9. The van der Waals surface area contributed by atoms with Crippen LogP contribution in [0.3, 0.4) is 0 Å². The Kier molecular flexibility index (Phi) is 6.49. The summed E-state index contributed by atoms with van der Waals surface area (Å²) in [4.78, 5) is 4.44. The molecule has 0 saturated heterocycles. The number of rotatable bonds is 6. The lowest BCUT2D eigenvalue weighted by Gasteiger charge is -2.18. The second-order valence-electron chi connectivity index (χ2n) is 4.88. The van der Waals surface area contributed by atoms with E-state index in [4.69, 9.17) is 23.2 Å².